The second kappa shape index (κ2) is 9.08. The Morgan fingerprint density at radius 2 is 1.97 bits per heavy atom. The van der Waals surface area contributed by atoms with Gasteiger partial charge in [-0.2, -0.15) is 0 Å². The molecule has 1 aromatic carbocycles. The molecule has 2 amide bonds. The molecule has 0 aliphatic carbocycles. The van der Waals surface area contributed by atoms with Gasteiger partial charge >= 0.3 is 6.03 Å². The number of aryl methyl sites for hydroxylation is 1. The third-order valence-electron chi connectivity index (χ3n) is 4.27. The van der Waals surface area contributed by atoms with E-state index >= 15 is 0 Å². The first kappa shape index (κ1) is 20.8. The van der Waals surface area contributed by atoms with Crippen molar-refractivity contribution in [2.45, 2.75) is 13.8 Å². The second-order valence-corrected chi connectivity index (χ2v) is 6.38. The van der Waals surface area contributed by atoms with Crippen LogP contribution in [0.5, 0.6) is 0 Å². The highest BCUT2D eigenvalue weighted by molar-refractivity contribution is 6.00. The van der Waals surface area contributed by atoms with Crippen LogP contribution in [-0.2, 0) is 0 Å². The summed E-state index contributed by atoms with van der Waals surface area (Å²) in [5.74, 6) is -1.16. The van der Waals surface area contributed by atoms with Gasteiger partial charge in [-0.3, -0.25) is 9.97 Å². The van der Waals surface area contributed by atoms with E-state index in [-0.39, 0.29) is 17.0 Å². The zero-order valence-corrected chi connectivity index (χ0v) is 16.4. The van der Waals surface area contributed by atoms with Crippen molar-refractivity contribution >= 4 is 29.3 Å². The molecule has 0 aliphatic rings. The van der Waals surface area contributed by atoms with Crippen LogP contribution in [0.3, 0.4) is 0 Å². The number of amides is 2. The number of nitrogens with zero attached hydrogens (tertiary/aromatic N) is 2. The minimum absolute atomic E-state index is 0.0358. The Morgan fingerprint density at radius 1 is 1.17 bits per heavy atom. The number of carbonyl (C=O) groups is 1. The Bertz CT molecular complexity index is 1100. The molecule has 3 aromatic rings. The third kappa shape index (κ3) is 4.57. The molecule has 0 atom stereocenters. The number of pyridine rings is 2. The van der Waals surface area contributed by atoms with E-state index < -0.39 is 17.7 Å². The standard InChI is InChI=1S/C21H20F2N6O/c1-3-25-21(30)29-20-16(6-7-26-19(20)10-24)28-17-9-18(27-11-12(17)2)14-8-13(22)4-5-15(14)23/h4-11,24H,3H2,1-2H3,(H2,25,29,30)(H,26,27,28). The fourth-order valence-electron chi connectivity index (χ4n) is 2.79. The molecule has 30 heavy (non-hydrogen) atoms. The van der Waals surface area contributed by atoms with Crippen molar-refractivity contribution in [1.82, 2.24) is 15.3 Å². The van der Waals surface area contributed by atoms with Crippen LogP contribution in [0.2, 0.25) is 0 Å². The summed E-state index contributed by atoms with van der Waals surface area (Å²) >= 11 is 0. The van der Waals surface area contributed by atoms with Gasteiger partial charge in [0.05, 0.1) is 17.1 Å². The normalized spacial score (nSPS) is 10.4. The van der Waals surface area contributed by atoms with Crippen LogP contribution in [0.4, 0.5) is 30.6 Å². The first-order valence-corrected chi connectivity index (χ1v) is 9.16. The highest BCUT2D eigenvalue weighted by Gasteiger charge is 2.14. The van der Waals surface area contributed by atoms with Crippen LogP contribution in [0.1, 0.15) is 18.2 Å². The Balaban J connectivity index is 2.01. The van der Waals surface area contributed by atoms with Gasteiger partial charge in [0.15, 0.2) is 0 Å². The molecule has 154 valence electrons. The van der Waals surface area contributed by atoms with Gasteiger partial charge in [0, 0.05) is 36.4 Å². The van der Waals surface area contributed by atoms with Gasteiger partial charge < -0.3 is 21.4 Å². The maximum Gasteiger partial charge on any atom is 0.319 e. The van der Waals surface area contributed by atoms with Crippen molar-refractivity contribution in [3.8, 4) is 11.3 Å². The van der Waals surface area contributed by atoms with Crippen LogP contribution in [0, 0.1) is 24.0 Å². The molecule has 2 aromatic heterocycles. The summed E-state index contributed by atoms with van der Waals surface area (Å²) in [6.07, 6.45) is 4.06. The molecule has 0 spiro atoms. The van der Waals surface area contributed by atoms with Crippen molar-refractivity contribution < 1.29 is 13.6 Å². The number of aromatic nitrogens is 2. The first-order valence-electron chi connectivity index (χ1n) is 9.16. The largest absolute Gasteiger partial charge is 0.353 e. The van der Waals surface area contributed by atoms with Crippen molar-refractivity contribution in [3.05, 3.63) is 65.6 Å². The maximum atomic E-state index is 14.2. The molecule has 2 heterocycles. The number of anilines is 3. The molecule has 0 aliphatic heterocycles. The van der Waals surface area contributed by atoms with E-state index in [1.165, 1.54) is 12.4 Å². The van der Waals surface area contributed by atoms with Crippen LogP contribution < -0.4 is 16.0 Å². The van der Waals surface area contributed by atoms with E-state index in [0.29, 0.717) is 23.6 Å². The summed E-state index contributed by atoms with van der Waals surface area (Å²) in [7, 11) is 0. The lowest BCUT2D eigenvalue weighted by atomic mass is 10.1. The van der Waals surface area contributed by atoms with E-state index in [1.807, 2.05) is 0 Å². The number of rotatable bonds is 6. The second-order valence-electron chi connectivity index (χ2n) is 6.38. The molecule has 0 saturated heterocycles. The summed E-state index contributed by atoms with van der Waals surface area (Å²) in [6.45, 7) is 4.02. The Kier molecular flexibility index (Phi) is 6.31. The fraction of sp³-hybridized carbons (Fsp3) is 0.143. The Morgan fingerprint density at radius 3 is 2.70 bits per heavy atom. The smallest absolute Gasteiger partial charge is 0.319 e. The van der Waals surface area contributed by atoms with E-state index in [0.717, 1.165) is 30.0 Å². The van der Waals surface area contributed by atoms with E-state index in [4.69, 9.17) is 5.41 Å². The SMILES string of the molecule is CCNC(=O)Nc1c(Nc2cc(-c3cc(F)ccc3F)ncc2C)ccnc1C=N. The molecular weight excluding hydrogens is 390 g/mol. The molecule has 7 nitrogen and oxygen atoms in total. The van der Waals surface area contributed by atoms with Gasteiger partial charge in [-0.1, -0.05) is 0 Å². The minimum Gasteiger partial charge on any atom is -0.353 e. The van der Waals surface area contributed by atoms with Crippen LogP contribution >= 0.6 is 0 Å². The fourth-order valence-corrected chi connectivity index (χ4v) is 2.79. The van der Waals surface area contributed by atoms with Crippen molar-refractivity contribution in [2.75, 3.05) is 17.2 Å². The summed E-state index contributed by atoms with van der Waals surface area (Å²) < 4.78 is 27.8. The molecule has 0 saturated carbocycles. The highest BCUT2D eigenvalue weighted by Crippen LogP contribution is 2.31. The number of urea groups is 1. The molecule has 4 N–H and O–H groups in total. The molecule has 0 fully saturated rings. The maximum absolute atomic E-state index is 14.2. The van der Waals surface area contributed by atoms with Crippen LogP contribution in [0.25, 0.3) is 11.3 Å². The monoisotopic (exact) mass is 410 g/mol. The number of nitrogens with one attached hydrogen (secondary N) is 4. The van der Waals surface area contributed by atoms with E-state index in [2.05, 4.69) is 25.9 Å². The van der Waals surface area contributed by atoms with Gasteiger partial charge in [-0.05, 0) is 49.7 Å². The van der Waals surface area contributed by atoms with Gasteiger partial charge in [0.25, 0.3) is 0 Å². The highest BCUT2D eigenvalue weighted by atomic mass is 19.1. The quantitative estimate of drug-likeness (QED) is 0.446. The van der Waals surface area contributed by atoms with E-state index in [9.17, 15) is 13.6 Å². The molecule has 0 unspecified atom stereocenters. The number of hydrogen-bond donors (Lipinski definition) is 4. The Labute approximate surface area is 172 Å². The molecule has 0 radical (unpaired) electrons. The lowest BCUT2D eigenvalue weighted by molar-refractivity contribution is 0.252. The Hall–Kier alpha value is -3.88. The van der Waals surface area contributed by atoms with Crippen LogP contribution in [-0.4, -0.2) is 28.8 Å². The zero-order chi connectivity index (χ0) is 21.7. The summed E-state index contributed by atoms with van der Waals surface area (Å²) in [5.41, 5.74) is 2.66. The predicted octanol–water partition coefficient (Wildman–Crippen LogP) is 4.61. The predicted molar refractivity (Wildman–Crippen MR) is 112 cm³/mol. The summed E-state index contributed by atoms with van der Waals surface area (Å²) in [6, 6.07) is 5.96. The van der Waals surface area contributed by atoms with Gasteiger partial charge in [-0.25, -0.2) is 13.6 Å². The average molecular weight is 410 g/mol. The van der Waals surface area contributed by atoms with Gasteiger partial charge in [-0.15, -0.1) is 0 Å². The van der Waals surface area contributed by atoms with Crippen molar-refractivity contribution in [1.29, 1.82) is 5.41 Å². The van der Waals surface area contributed by atoms with Crippen molar-refractivity contribution in [3.63, 3.8) is 0 Å². The zero-order valence-electron chi connectivity index (χ0n) is 16.4. The molecular formula is C21H20F2N6O. The van der Waals surface area contributed by atoms with Gasteiger partial charge in [0.1, 0.15) is 17.3 Å². The summed E-state index contributed by atoms with van der Waals surface area (Å²) in [4.78, 5) is 20.3. The number of carbonyl (C=O) groups excluding carboxylic acids is 1. The summed E-state index contributed by atoms with van der Waals surface area (Å²) in [5, 5.41) is 16.0. The van der Waals surface area contributed by atoms with Gasteiger partial charge in [0.2, 0.25) is 0 Å². The lowest BCUT2D eigenvalue weighted by Crippen LogP contribution is -2.29. The number of hydrogen-bond acceptors (Lipinski definition) is 5. The first-order chi connectivity index (χ1) is 14.4. The number of benzene rings is 1. The minimum atomic E-state index is -0.590. The number of halogens is 2. The molecule has 9 heteroatoms. The topological polar surface area (TPSA) is 103 Å². The lowest BCUT2D eigenvalue weighted by Gasteiger charge is -2.17. The van der Waals surface area contributed by atoms with Crippen molar-refractivity contribution in [2.24, 2.45) is 0 Å². The van der Waals surface area contributed by atoms with Crippen LogP contribution in [0.15, 0.2) is 42.7 Å². The third-order valence-corrected chi connectivity index (χ3v) is 4.27. The molecule has 0 bridgehead atoms. The average Bonchev–Trinajstić information content (AvgIpc) is 2.73. The van der Waals surface area contributed by atoms with E-state index in [1.54, 1.807) is 26.0 Å². The molecule has 3 rings (SSSR count).